The third-order valence-electron chi connectivity index (χ3n) is 5.63. The monoisotopic (exact) mass is 410 g/mol. The summed E-state index contributed by atoms with van der Waals surface area (Å²) < 4.78 is 10.6. The predicted molar refractivity (Wildman–Crippen MR) is 113 cm³/mol. The minimum Gasteiger partial charge on any atom is -0.491 e. The highest BCUT2D eigenvalue weighted by Gasteiger charge is 2.26. The molecule has 0 aliphatic carbocycles. The summed E-state index contributed by atoms with van der Waals surface area (Å²) >= 11 is 0. The van der Waals surface area contributed by atoms with Gasteiger partial charge >= 0.3 is 6.09 Å². The number of nitrogens with one attached hydrogen (secondary N) is 2. The van der Waals surface area contributed by atoms with Gasteiger partial charge in [0.15, 0.2) is 0 Å². The first kappa shape index (κ1) is 20.2. The maximum Gasteiger partial charge on any atom is 0.411 e. The second-order valence-electron chi connectivity index (χ2n) is 7.77. The lowest BCUT2D eigenvalue weighted by molar-refractivity contribution is -0.119. The summed E-state index contributed by atoms with van der Waals surface area (Å²) in [7, 11) is 1.30. The minimum atomic E-state index is -0.579. The van der Waals surface area contributed by atoms with Gasteiger partial charge in [-0.1, -0.05) is 19.4 Å². The summed E-state index contributed by atoms with van der Waals surface area (Å²) in [5.41, 5.74) is 10.9. The molecule has 2 aromatic rings. The number of pyridine rings is 1. The van der Waals surface area contributed by atoms with Gasteiger partial charge in [0.25, 0.3) is 0 Å². The van der Waals surface area contributed by atoms with Crippen LogP contribution in [0.4, 0.5) is 16.2 Å². The Labute approximate surface area is 175 Å². The van der Waals surface area contributed by atoms with E-state index in [1.165, 1.54) is 7.11 Å². The Morgan fingerprint density at radius 1 is 1.30 bits per heavy atom. The van der Waals surface area contributed by atoms with E-state index in [1.54, 1.807) is 12.1 Å². The number of rotatable bonds is 1. The molecular weight excluding hydrogens is 384 g/mol. The maximum atomic E-state index is 12.8. The average Bonchev–Trinajstić information content (AvgIpc) is 3.21. The normalized spacial score (nSPS) is 20.6. The molecule has 3 heterocycles. The van der Waals surface area contributed by atoms with Crippen molar-refractivity contribution in [3.8, 4) is 16.9 Å². The second kappa shape index (κ2) is 8.31. The summed E-state index contributed by atoms with van der Waals surface area (Å²) in [5.74, 6) is 0.475. The molecular formula is C22H26N4O4. The van der Waals surface area contributed by atoms with Crippen LogP contribution < -0.4 is 21.1 Å². The number of carbonyl (C=O) groups is 2. The van der Waals surface area contributed by atoms with Gasteiger partial charge in [-0.15, -0.1) is 0 Å². The molecule has 0 spiro atoms. The standard InChI is InChI=1S/C22H26N4O4/c1-12-4-3-5-16(23)19-11-15(20-17(25-19)8-9-30-20)14-7-6-13(24-22(28)29-2)10-18(14)26-21(12)27/h6-7,10-12,16H,3-5,8-9,23H2,1-2H3,(H,24,28)(H,26,27)/t12-,16+/m1/s1. The van der Waals surface area contributed by atoms with Crippen LogP contribution in [0.2, 0.25) is 0 Å². The Kier molecular flexibility index (Phi) is 5.59. The lowest BCUT2D eigenvalue weighted by atomic mass is 9.94. The van der Waals surface area contributed by atoms with Crippen molar-refractivity contribution < 1.29 is 19.1 Å². The van der Waals surface area contributed by atoms with E-state index in [9.17, 15) is 9.59 Å². The maximum absolute atomic E-state index is 12.8. The van der Waals surface area contributed by atoms with Gasteiger partial charge in [0, 0.05) is 35.2 Å². The summed E-state index contributed by atoms with van der Waals surface area (Å²) in [6.07, 6.45) is 2.47. The van der Waals surface area contributed by atoms with Crippen LogP contribution in [-0.2, 0) is 16.0 Å². The summed E-state index contributed by atoms with van der Waals surface area (Å²) in [5, 5.41) is 5.68. The fourth-order valence-corrected chi connectivity index (χ4v) is 3.89. The number of fused-ring (bicyclic) bond motifs is 6. The van der Waals surface area contributed by atoms with Crippen molar-refractivity contribution in [2.75, 3.05) is 24.4 Å². The number of aromatic nitrogens is 1. The number of benzene rings is 1. The summed E-state index contributed by atoms with van der Waals surface area (Å²) in [4.78, 5) is 29.2. The average molecular weight is 410 g/mol. The van der Waals surface area contributed by atoms with E-state index in [0.717, 1.165) is 53.9 Å². The Morgan fingerprint density at radius 2 is 2.13 bits per heavy atom. The first-order valence-corrected chi connectivity index (χ1v) is 10.2. The molecule has 2 aliphatic rings. The molecule has 30 heavy (non-hydrogen) atoms. The predicted octanol–water partition coefficient (Wildman–Crippen LogP) is 3.62. The molecule has 1 aromatic heterocycles. The van der Waals surface area contributed by atoms with Crippen LogP contribution in [0.3, 0.4) is 0 Å². The highest BCUT2D eigenvalue weighted by atomic mass is 16.5. The van der Waals surface area contributed by atoms with Crippen LogP contribution in [0, 0.1) is 5.92 Å². The zero-order chi connectivity index (χ0) is 21.3. The SMILES string of the molecule is COC(=O)Nc1ccc2c(c1)NC(=O)[C@H](C)CCC[C@H](N)c1cc-2c2c(n1)CCO2. The number of nitrogens with two attached hydrogens (primary N) is 1. The van der Waals surface area contributed by atoms with Crippen LogP contribution >= 0.6 is 0 Å². The van der Waals surface area contributed by atoms with Gasteiger partial charge in [0.2, 0.25) is 5.91 Å². The second-order valence-corrected chi connectivity index (χ2v) is 7.77. The van der Waals surface area contributed by atoms with Crippen molar-refractivity contribution in [1.82, 2.24) is 4.98 Å². The number of amides is 2. The topological polar surface area (TPSA) is 116 Å². The zero-order valence-corrected chi connectivity index (χ0v) is 17.2. The number of anilines is 2. The van der Waals surface area contributed by atoms with Crippen molar-refractivity contribution in [2.24, 2.45) is 11.7 Å². The van der Waals surface area contributed by atoms with Gasteiger partial charge in [0.1, 0.15) is 5.75 Å². The lowest BCUT2D eigenvalue weighted by Gasteiger charge is -2.21. The van der Waals surface area contributed by atoms with E-state index >= 15 is 0 Å². The molecule has 158 valence electrons. The minimum absolute atomic E-state index is 0.0764. The number of carbonyl (C=O) groups excluding carboxylic acids is 2. The fourth-order valence-electron chi connectivity index (χ4n) is 3.89. The van der Waals surface area contributed by atoms with Gasteiger partial charge in [0.05, 0.1) is 30.8 Å². The van der Waals surface area contributed by atoms with E-state index in [-0.39, 0.29) is 17.9 Å². The number of nitrogens with zero attached hydrogens (tertiary/aromatic N) is 1. The van der Waals surface area contributed by atoms with Crippen molar-refractivity contribution in [2.45, 2.75) is 38.6 Å². The molecule has 8 heteroatoms. The molecule has 4 rings (SSSR count). The van der Waals surface area contributed by atoms with E-state index < -0.39 is 6.09 Å². The highest BCUT2D eigenvalue weighted by Crippen LogP contribution is 2.42. The molecule has 2 atom stereocenters. The van der Waals surface area contributed by atoms with E-state index in [2.05, 4.69) is 15.4 Å². The van der Waals surface area contributed by atoms with Crippen LogP contribution in [0.1, 0.15) is 43.6 Å². The van der Waals surface area contributed by atoms with Gasteiger partial charge in [-0.25, -0.2) is 4.79 Å². The van der Waals surface area contributed by atoms with Gasteiger partial charge in [-0.3, -0.25) is 15.1 Å². The number of hydrogen-bond donors (Lipinski definition) is 3. The molecule has 0 saturated heterocycles. The molecule has 1 aromatic carbocycles. The van der Waals surface area contributed by atoms with Crippen LogP contribution in [0.15, 0.2) is 24.3 Å². The van der Waals surface area contributed by atoms with Gasteiger partial charge < -0.3 is 20.5 Å². The fraction of sp³-hybridized carbons (Fsp3) is 0.409. The van der Waals surface area contributed by atoms with E-state index in [0.29, 0.717) is 18.0 Å². The van der Waals surface area contributed by atoms with Crippen molar-refractivity contribution in [3.63, 3.8) is 0 Å². The van der Waals surface area contributed by atoms with Crippen molar-refractivity contribution in [1.29, 1.82) is 0 Å². The molecule has 0 radical (unpaired) electrons. The van der Waals surface area contributed by atoms with Gasteiger partial charge in [-0.2, -0.15) is 0 Å². The Balaban J connectivity index is 1.87. The smallest absolute Gasteiger partial charge is 0.411 e. The Hall–Kier alpha value is -3.13. The number of hydrogen-bond acceptors (Lipinski definition) is 6. The molecule has 0 fully saturated rings. The number of ether oxygens (including phenoxy) is 2. The van der Waals surface area contributed by atoms with Crippen LogP contribution in [0.5, 0.6) is 5.75 Å². The molecule has 2 amide bonds. The molecule has 4 N–H and O–H groups in total. The Morgan fingerprint density at radius 3 is 2.93 bits per heavy atom. The number of methoxy groups -OCH3 is 1. The Bertz CT molecular complexity index is 991. The summed E-state index contributed by atoms with van der Waals surface area (Å²) in [6, 6.07) is 7.10. The lowest BCUT2D eigenvalue weighted by Crippen LogP contribution is -2.22. The molecule has 8 nitrogen and oxygen atoms in total. The van der Waals surface area contributed by atoms with Crippen LogP contribution in [0.25, 0.3) is 11.1 Å². The first-order valence-electron chi connectivity index (χ1n) is 10.2. The quantitative estimate of drug-likeness (QED) is 0.661. The molecule has 0 unspecified atom stereocenters. The summed E-state index contributed by atoms with van der Waals surface area (Å²) in [6.45, 7) is 2.47. The van der Waals surface area contributed by atoms with Crippen LogP contribution in [-0.4, -0.2) is 30.7 Å². The molecule has 2 bridgehead atoms. The zero-order valence-electron chi connectivity index (χ0n) is 17.2. The van der Waals surface area contributed by atoms with Gasteiger partial charge in [-0.05, 0) is 31.0 Å². The largest absolute Gasteiger partial charge is 0.491 e. The highest BCUT2D eigenvalue weighted by molar-refractivity contribution is 5.99. The van der Waals surface area contributed by atoms with E-state index in [1.807, 2.05) is 19.1 Å². The third kappa shape index (κ3) is 3.95. The molecule has 0 saturated carbocycles. The first-order chi connectivity index (χ1) is 14.5. The van der Waals surface area contributed by atoms with E-state index in [4.69, 9.17) is 15.5 Å². The van der Waals surface area contributed by atoms with Crippen molar-refractivity contribution >= 4 is 23.4 Å². The van der Waals surface area contributed by atoms with Crippen molar-refractivity contribution in [3.05, 3.63) is 35.7 Å². The third-order valence-corrected chi connectivity index (χ3v) is 5.63. The molecule has 2 aliphatic heterocycles.